The Labute approximate surface area is 186 Å². The molecule has 152 valence electrons. The summed E-state index contributed by atoms with van der Waals surface area (Å²) < 4.78 is 0. The molecule has 1 fully saturated rings. The van der Waals surface area contributed by atoms with Gasteiger partial charge in [-0.05, 0) is 40.5 Å². The van der Waals surface area contributed by atoms with Crippen LogP contribution in [0.1, 0.15) is 17.2 Å². The number of nitrogens with zero attached hydrogens (tertiary/aromatic N) is 2. The van der Waals surface area contributed by atoms with Gasteiger partial charge in [-0.15, -0.1) is 0 Å². The molecule has 1 aliphatic heterocycles. The smallest absolute Gasteiger partial charge is 0.321 e. The van der Waals surface area contributed by atoms with Crippen LogP contribution in [0.4, 0.5) is 10.5 Å². The van der Waals surface area contributed by atoms with Gasteiger partial charge >= 0.3 is 6.03 Å². The lowest BCUT2D eigenvalue weighted by atomic mass is 10.0. The lowest BCUT2D eigenvalue weighted by Gasteiger charge is -2.38. The number of fused-ring (bicyclic) bond motifs is 3. The molecule has 0 unspecified atom stereocenters. The lowest BCUT2D eigenvalue weighted by Crippen LogP contribution is -2.50. The number of amides is 2. The first-order valence-electron chi connectivity index (χ1n) is 10.0. The first-order valence-corrected chi connectivity index (χ1v) is 10.8. The second-order valence-electron chi connectivity index (χ2n) is 7.66. The Hall–Kier alpha value is -2.53. The maximum atomic E-state index is 12.7. The average molecular weight is 438 g/mol. The SMILES string of the molecule is O=C(Nc1ccc(Cl)c(Cl)c1)N1CCN(C2c3ccccc3-c3ccccc32)CC1. The van der Waals surface area contributed by atoms with Crippen LogP contribution in [-0.2, 0) is 0 Å². The van der Waals surface area contributed by atoms with E-state index in [0.29, 0.717) is 28.8 Å². The number of piperazine rings is 1. The van der Waals surface area contributed by atoms with Crippen LogP contribution in [0, 0.1) is 0 Å². The molecule has 30 heavy (non-hydrogen) atoms. The number of benzene rings is 3. The molecule has 0 aromatic heterocycles. The van der Waals surface area contributed by atoms with Crippen LogP contribution in [0.15, 0.2) is 66.7 Å². The summed E-state index contributed by atoms with van der Waals surface area (Å²) in [6.45, 7) is 2.99. The highest BCUT2D eigenvalue weighted by molar-refractivity contribution is 6.42. The number of rotatable bonds is 2. The number of nitrogens with one attached hydrogen (secondary N) is 1. The highest BCUT2D eigenvalue weighted by Crippen LogP contribution is 2.46. The fourth-order valence-corrected chi connectivity index (χ4v) is 4.78. The van der Waals surface area contributed by atoms with Crippen LogP contribution < -0.4 is 5.32 Å². The Morgan fingerprint density at radius 1 is 0.800 bits per heavy atom. The Bertz CT molecular complexity index is 1060. The largest absolute Gasteiger partial charge is 0.322 e. The highest BCUT2D eigenvalue weighted by atomic mass is 35.5. The predicted octanol–water partition coefficient (Wildman–Crippen LogP) is 5.91. The average Bonchev–Trinajstić information content (AvgIpc) is 3.11. The lowest BCUT2D eigenvalue weighted by molar-refractivity contribution is 0.128. The van der Waals surface area contributed by atoms with Gasteiger partial charge in [-0.25, -0.2) is 4.79 Å². The zero-order valence-electron chi connectivity index (χ0n) is 16.3. The first-order chi connectivity index (χ1) is 14.6. The Morgan fingerprint density at radius 2 is 1.40 bits per heavy atom. The summed E-state index contributed by atoms with van der Waals surface area (Å²) in [7, 11) is 0. The van der Waals surface area contributed by atoms with Gasteiger partial charge in [0.2, 0.25) is 0 Å². The van der Waals surface area contributed by atoms with Gasteiger partial charge in [-0.2, -0.15) is 0 Å². The van der Waals surface area contributed by atoms with Crippen LogP contribution >= 0.6 is 23.2 Å². The van der Waals surface area contributed by atoms with Gasteiger partial charge in [0.05, 0.1) is 16.1 Å². The summed E-state index contributed by atoms with van der Waals surface area (Å²) in [5, 5.41) is 3.82. The van der Waals surface area contributed by atoms with E-state index in [0.717, 1.165) is 13.1 Å². The van der Waals surface area contributed by atoms with Crippen molar-refractivity contribution in [2.75, 3.05) is 31.5 Å². The van der Waals surface area contributed by atoms with E-state index < -0.39 is 0 Å². The first kappa shape index (κ1) is 19.4. The van der Waals surface area contributed by atoms with Crippen molar-refractivity contribution in [3.63, 3.8) is 0 Å². The molecular formula is C24H21Cl2N3O. The van der Waals surface area contributed by atoms with Crippen LogP contribution in [0.3, 0.4) is 0 Å². The van der Waals surface area contributed by atoms with Gasteiger partial charge in [-0.3, -0.25) is 4.90 Å². The number of hydrogen-bond acceptors (Lipinski definition) is 2. The molecule has 2 amide bonds. The third-order valence-corrected chi connectivity index (χ3v) is 6.68. The Balaban J connectivity index is 1.29. The van der Waals surface area contributed by atoms with E-state index >= 15 is 0 Å². The molecule has 6 heteroatoms. The van der Waals surface area contributed by atoms with Crippen molar-refractivity contribution in [1.82, 2.24) is 9.80 Å². The third-order valence-electron chi connectivity index (χ3n) is 5.94. The van der Waals surface area contributed by atoms with Gasteiger partial charge in [0, 0.05) is 31.9 Å². The Morgan fingerprint density at radius 3 is 2.00 bits per heavy atom. The van der Waals surface area contributed by atoms with Crippen molar-refractivity contribution in [2.45, 2.75) is 6.04 Å². The van der Waals surface area contributed by atoms with Gasteiger partial charge in [0.15, 0.2) is 0 Å². The zero-order valence-corrected chi connectivity index (χ0v) is 17.8. The van der Waals surface area contributed by atoms with E-state index in [1.165, 1.54) is 22.3 Å². The maximum absolute atomic E-state index is 12.7. The molecule has 2 aliphatic rings. The standard InChI is InChI=1S/C24H21Cl2N3O/c25-21-10-9-16(15-22(21)26)27-24(30)29-13-11-28(12-14-29)23-19-7-3-1-5-17(19)18-6-2-4-8-20(18)23/h1-10,15,23H,11-14H2,(H,27,30). The summed E-state index contributed by atoms with van der Waals surface area (Å²) in [4.78, 5) is 17.0. The molecule has 1 saturated heterocycles. The number of urea groups is 1. The van der Waals surface area contributed by atoms with Gasteiger partial charge in [0.25, 0.3) is 0 Å². The van der Waals surface area contributed by atoms with Gasteiger partial charge in [-0.1, -0.05) is 71.7 Å². The van der Waals surface area contributed by atoms with E-state index in [-0.39, 0.29) is 12.1 Å². The van der Waals surface area contributed by atoms with E-state index in [4.69, 9.17) is 23.2 Å². The second-order valence-corrected chi connectivity index (χ2v) is 8.47. The van der Waals surface area contributed by atoms with Crippen molar-refractivity contribution in [3.05, 3.63) is 87.9 Å². The van der Waals surface area contributed by atoms with Gasteiger partial charge in [0.1, 0.15) is 0 Å². The molecule has 0 saturated carbocycles. The summed E-state index contributed by atoms with van der Waals surface area (Å²) in [6.07, 6.45) is 0. The topological polar surface area (TPSA) is 35.6 Å². The van der Waals surface area contributed by atoms with Crippen molar-refractivity contribution in [1.29, 1.82) is 0 Å². The van der Waals surface area contributed by atoms with Crippen molar-refractivity contribution < 1.29 is 4.79 Å². The number of anilines is 1. The number of carbonyl (C=O) groups excluding carboxylic acids is 1. The quantitative estimate of drug-likeness (QED) is 0.540. The van der Waals surface area contributed by atoms with Crippen LogP contribution in [0.5, 0.6) is 0 Å². The summed E-state index contributed by atoms with van der Waals surface area (Å²) >= 11 is 12.0. The van der Waals surface area contributed by atoms with Crippen LogP contribution in [0.2, 0.25) is 10.0 Å². The molecule has 0 atom stereocenters. The molecule has 5 rings (SSSR count). The summed E-state index contributed by atoms with van der Waals surface area (Å²) in [5.41, 5.74) is 5.99. The van der Waals surface area contributed by atoms with E-state index in [1.54, 1.807) is 18.2 Å². The maximum Gasteiger partial charge on any atom is 0.321 e. The van der Waals surface area contributed by atoms with E-state index in [9.17, 15) is 4.79 Å². The molecule has 0 radical (unpaired) electrons. The number of halogens is 2. The minimum atomic E-state index is -0.111. The van der Waals surface area contributed by atoms with E-state index in [2.05, 4.69) is 58.7 Å². The second kappa shape index (κ2) is 7.95. The number of hydrogen-bond donors (Lipinski definition) is 1. The summed E-state index contributed by atoms with van der Waals surface area (Å²) in [5.74, 6) is 0. The molecule has 1 heterocycles. The van der Waals surface area contributed by atoms with Crippen LogP contribution in [0.25, 0.3) is 11.1 Å². The fourth-order valence-electron chi connectivity index (χ4n) is 4.48. The monoisotopic (exact) mass is 437 g/mol. The summed E-state index contributed by atoms with van der Waals surface area (Å²) in [6, 6.07) is 22.5. The fraction of sp³-hybridized carbons (Fsp3) is 0.208. The predicted molar refractivity (Wildman–Crippen MR) is 122 cm³/mol. The minimum absolute atomic E-state index is 0.111. The third kappa shape index (κ3) is 3.45. The highest BCUT2D eigenvalue weighted by Gasteiger charge is 2.34. The molecule has 0 bridgehead atoms. The molecule has 4 nitrogen and oxygen atoms in total. The Kier molecular flexibility index (Phi) is 5.15. The molecule has 0 spiro atoms. The van der Waals surface area contributed by atoms with Crippen LogP contribution in [-0.4, -0.2) is 42.0 Å². The molecule has 3 aromatic carbocycles. The minimum Gasteiger partial charge on any atom is -0.322 e. The van der Waals surface area contributed by atoms with Crippen molar-refractivity contribution in [3.8, 4) is 11.1 Å². The van der Waals surface area contributed by atoms with E-state index in [1.807, 2.05) is 4.90 Å². The molecule has 1 aliphatic carbocycles. The molecule has 3 aromatic rings. The zero-order chi connectivity index (χ0) is 20.7. The number of carbonyl (C=O) groups is 1. The normalized spacial score (nSPS) is 16.3. The van der Waals surface area contributed by atoms with Crippen molar-refractivity contribution >= 4 is 34.9 Å². The van der Waals surface area contributed by atoms with Crippen molar-refractivity contribution in [2.24, 2.45) is 0 Å². The van der Waals surface area contributed by atoms with Gasteiger partial charge < -0.3 is 10.2 Å². The molecule has 1 N–H and O–H groups in total. The molecular weight excluding hydrogens is 417 g/mol.